The second-order valence-corrected chi connectivity index (χ2v) is 11.5. The molecule has 1 aromatic heterocycles. The van der Waals surface area contributed by atoms with Crippen molar-refractivity contribution in [1.82, 2.24) is 0 Å². The number of carbonyl (C=O) groups excluding carboxylic acids is 2. The van der Waals surface area contributed by atoms with Crippen molar-refractivity contribution >= 4 is 49.9 Å². The Morgan fingerprint density at radius 3 is 2.67 bits per heavy atom. The molecular weight excluding hydrogens is 520 g/mol. The Kier molecular flexibility index (Phi) is 5.07. The number of carbonyl (C=O) groups is 2. The summed E-state index contributed by atoms with van der Waals surface area (Å²) < 4.78 is 18.1. The molecule has 0 radical (unpaired) electrons. The topological polar surface area (TPSA) is 130 Å². The summed E-state index contributed by atoms with van der Waals surface area (Å²) in [5.41, 5.74) is -0.929. The Balaban J connectivity index is 1.21. The van der Waals surface area contributed by atoms with E-state index in [-0.39, 0.29) is 25.4 Å². The van der Waals surface area contributed by atoms with Crippen LogP contribution in [0.2, 0.25) is 0 Å². The number of hydrogen-bond donors (Lipinski definition) is 1. The van der Waals surface area contributed by atoms with E-state index in [0.717, 1.165) is 11.3 Å². The van der Waals surface area contributed by atoms with Gasteiger partial charge in [-0.3, -0.25) is 9.59 Å². The van der Waals surface area contributed by atoms with Crippen molar-refractivity contribution in [2.75, 3.05) is 11.5 Å². The molecule has 4 heterocycles. The second-order valence-electron chi connectivity index (χ2n) is 10.5. The van der Waals surface area contributed by atoms with Crippen LogP contribution in [-0.4, -0.2) is 40.8 Å². The van der Waals surface area contributed by atoms with Gasteiger partial charge in [0.15, 0.2) is 0 Å². The fourth-order valence-corrected chi connectivity index (χ4v) is 7.42. The lowest BCUT2D eigenvalue weighted by atomic mass is 9.66. The predicted octanol–water partition coefficient (Wildman–Crippen LogP) is 3.75. The van der Waals surface area contributed by atoms with Crippen LogP contribution in [0, 0.1) is 23.2 Å². The average Bonchev–Trinajstić information content (AvgIpc) is 3.58. The van der Waals surface area contributed by atoms with E-state index >= 15 is 0 Å². The minimum atomic E-state index is -1.21. The molecule has 0 aliphatic carbocycles. The highest BCUT2D eigenvalue weighted by atomic mass is 32.1. The largest absolute Gasteiger partial charge is 0.493 e. The van der Waals surface area contributed by atoms with Gasteiger partial charge >= 0.3 is 4.94 Å². The molecule has 0 saturated carbocycles. The molecule has 10 heteroatoms. The van der Waals surface area contributed by atoms with E-state index in [0.29, 0.717) is 38.1 Å². The minimum absolute atomic E-state index is 0.172. The molecule has 5 unspecified atom stereocenters. The third-order valence-corrected chi connectivity index (χ3v) is 9.26. The number of anilines is 1. The average molecular weight is 543 g/mol. The van der Waals surface area contributed by atoms with E-state index in [9.17, 15) is 24.8 Å². The fraction of sp³-hybridized carbons (Fsp3) is 0.310. The van der Waals surface area contributed by atoms with Gasteiger partial charge in [0.1, 0.15) is 16.9 Å². The van der Waals surface area contributed by atoms with Gasteiger partial charge in [0.05, 0.1) is 52.2 Å². The van der Waals surface area contributed by atoms with Gasteiger partial charge in [0.25, 0.3) is 0 Å². The zero-order chi connectivity index (χ0) is 27.1. The molecule has 39 heavy (non-hydrogen) atoms. The molecule has 7 rings (SSSR count). The second kappa shape index (κ2) is 8.23. The molecule has 9 nitrogen and oxygen atoms in total. The highest BCUT2D eigenvalue weighted by Crippen LogP contribution is 2.62. The van der Waals surface area contributed by atoms with Gasteiger partial charge in [-0.25, -0.2) is 9.69 Å². The molecule has 1 N–H and O–H groups in total. The summed E-state index contributed by atoms with van der Waals surface area (Å²) in [6, 6.07) is 17.7. The van der Waals surface area contributed by atoms with Crippen LogP contribution in [0.5, 0.6) is 5.75 Å². The van der Waals surface area contributed by atoms with E-state index in [1.54, 1.807) is 61.5 Å². The number of aliphatic hydroxyl groups is 1. The lowest BCUT2D eigenvalue weighted by Crippen LogP contribution is -2.49. The number of benzene rings is 3. The van der Waals surface area contributed by atoms with Crippen LogP contribution < -0.4 is 14.6 Å². The van der Waals surface area contributed by atoms with Crippen molar-refractivity contribution in [3.05, 3.63) is 69.9 Å². The minimum Gasteiger partial charge on any atom is -0.493 e. The summed E-state index contributed by atoms with van der Waals surface area (Å²) >= 11 is 0.984. The molecule has 3 fully saturated rings. The normalized spacial score (nSPS) is 29.4. The number of amides is 2. The van der Waals surface area contributed by atoms with Gasteiger partial charge in [0, 0.05) is 29.7 Å². The van der Waals surface area contributed by atoms with Gasteiger partial charge in [-0.2, -0.15) is 5.26 Å². The maximum atomic E-state index is 14.0. The Labute approximate surface area is 225 Å². The monoisotopic (exact) mass is 542 g/mol. The smallest absolute Gasteiger partial charge is 0.396 e. The van der Waals surface area contributed by atoms with Gasteiger partial charge in [-0.15, -0.1) is 0 Å². The van der Waals surface area contributed by atoms with Gasteiger partial charge < -0.3 is 19.0 Å². The molecule has 3 aliphatic heterocycles. The van der Waals surface area contributed by atoms with Crippen molar-refractivity contribution < 1.29 is 28.6 Å². The molecule has 3 aliphatic rings. The first kappa shape index (κ1) is 24.0. The molecular formula is C29H22N2O7S. The summed E-state index contributed by atoms with van der Waals surface area (Å²) in [6.07, 6.45) is -0.438. The highest BCUT2D eigenvalue weighted by Gasteiger charge is 2.77. The molecule has 3 aromatic carbocycles. The summed E-state index contributed by atoms with van der Waals surface area (Å²) in [5.74, 6) is -1.88. The highest BCUT2D eigenvalue weighted by molar-refractivity contribution is 7.16. The molecule has 2 bridgehead atoms. The zero-order valence-corrected chi connectivity index (χ0v) is 21.6. The van der Waals surface area contributed by atoms with E-state index in [1.807, 2.05) is 0 Å². The Morgan fingerprint density at radius 1 is 1.10 bits per heavy atom. The first-order valence-electron chi connectivity index (χ1n) is 12.6. The van der Waals surface area contributed by atoms with Gasteiger partial charge in [-0.1, -0.05) is 35.6 Å². The van der Waals surface area contributed by atoms with Crippen LogP contribution >= 0.6 is 11.3 Å². The van der Waals surface area contributed by atoms with Crippen molar-refractivity contribution in [1.29, 1.82) is 5.26 Å². The molecule has 196 valence electrons. The SMILES string of the molecule is CC12OC(CCOc3ccc4oc(=O)sc4c3)(CC1O)C1C(=O)N(c3ccc(C#N)c4ccccc34)C(=O)C12. The van der Waals surface area contributed by atoms with Crippen LogP contribution in [-0.2, 0) is 14.3 Å². The number of hydrogen-bond acceptors (Lipinski definition) is 9. The standard InChI is InChI=1S/C29H22N2O7S/c1-28-22(32)13-29(38-28,10-11-36-16-7-9-20-21(12-16)39-27(35)37-20)24-23(28)25(33)31(26(24)34)19-8-6-15(14-30)17-4-2-3-5-18(17)19/h2-9,12,22-24,32H,10-11,13H2,1H3. The van der Waals surface area contributed by atoms with E-state index in [4.69, 9.17) is 13.9 Å². The Bertz CT molecular complexity index is 1800. The number of imide groups is 1. The summed E-state index contributed by atoms with van der Waals surface area (Å²) in [5, 5.41) is 21.8. The third-order valence-electron chi connectivity index (χ3n) is 8.47. The Morgan fingerprint density at radius 2 is 1.87 bits per heavy atom. The zero-order valence-electron chi connectivity index (χ0n) is 20.7. The lowest BCUT2D eigenvalue weighted by Gasteiger charge is -2.33. The molecule has 4 aromatic rings. The summed E-state index contributed by atoms with van der Waals surface area (Å²) in [6.45, 7) is 1.87. The number of aliphatic hydroxyl groups excluding tert-OH is 1. The van der Waals surface area contributed by atoms with E-state index in [1.165, 1.54) is 4.90 Å². The number of rotatable bonds is 5. The number of ether oxygens (including phenoxy) is 2. The van der Waals surface area contributed by atoms with Crippen molar-refractivity contribution in [2.45, 2.75) is 37.1 Å². The fourth-order valence-electron chi connectivity index (χ4n) is 6.72. The number of nitrogens with zero attached hydrogens (tertiary/aromatic N) is 2. The summed E-state index contributed by atoms with van der Waals surface area (Å²) in [4.78, 5) is 40.2. The van der Waals surface area contributed by atoms with Crippen LogP contribution in [0.1, 0.15) is 25.3 Å². The number of fused-ring (bicyclic) bond motifs is 7. The van der Waals surface area contributed by atoms with Gasteiger partial charge in [-0.05, 0) is 31.2 Å². The van der Waals surface area contributed by atoms with E-state index in [2.05, 4.69) is 6.07 Å². The van der Waals surface area contributed by atoms with Crippen molar-refractivity contribution in [3.8, 4) is 11.8 Å². The van der Waals surface area contributed by atoms with E-state index < -0.39 is 40.0 Å². The lowest BCUT2D eigenvalue weighted by molar-refractivity contribution is -0.134. The van der Waals surface area contributed by atoms with Crippen LogP contribution in [0.25, 0.3) is 21.1 Å². The van der Waals surface area contributed by atoms with Crippen molar-refractivity contribution in [2.24, 2.45) is 11.8 Å². The molecule has 2 amide bonds. The molecule has 3 saturated heterocycles. The third kappa shape index (κ3) is 3.27. The maximum absolute atomic E-state index is 14.0. The Hall–Kier alpha value is -4.04. The van der Waals surface area contributed by atoms with Crippen LogP contribution in [0.3, 0.4) is 0 Å². The quantitative estimate of drug-likeness (QED) is 0.378. The van der Waals surface area contributed by atoms with Crippen molar-refractivity contribution in [3.63, 3.8) is 0 Å². The van der Waals surface area contributed by atoms with Gasteiger partial charge in [0.2, 0.25) is 11.8 Å². The maximum Gasteiger partial charge on any atom is 0.396 e. The van der Waals surface area contributed by atoms with Crippen LogP contribution in [0.4, 0.5) is 5.69 Å². The molecule has 0 spiro atoms. The first-order valence-corrected chi connectivity index (χ1v) is 13.4. The first-order chi connectivity index (χ1) is 18.8. The number of nitriles is 1. The predicted molar refractivity (Wildman–Crippen MR) is 141 cm³/mol. The van der Waals surface area contributed by atoms with Crippen LogP contribution in [0.15, 0.2) is 63.8 Å². The molecule has 5 atom stereocenters. The summed E-state index contributed by atoms with van der Waals surface area (Å²) in [7, 11) is 0.